The summed E-state index contributed by atoms with van der Waals surface area (Å²) in [6, 6.07) is 23.7. The van der Waals surface area contributed by atoms with Crippen molar-refractivity contribution in [1.82, 2.24) is 0 Å². The monoisotopic (exact) mass is 346 g/mol. The number of hydrogen-bond donors (Lipinski definition) is 0. The van der Waals surface area contributed by atoms with Crippen LogP contribution in [0.5, 0.6) is 17.2 Å². The smallest absolute Gasteiger partial charge is 0.231 e. The van der Waals surface area contributed by atoms with Gasteiger partial charge in [0.2, 0.25) is 6.79 Å². The molecule has 26 heavy (non-hydrogen) atoms. The first kappa shape index (κ1) is 16.0. The summed E-state index contributed by atoms with van der Waals surface area (Å²) in [5.41, 5.74) is 2.75. The topological polar surface area (TPSA) is 43.3 Å². The maximum Gasteiger partial charge on any atom is 0.231 e. The van der Waals surface area contributed by atoms with E-state index in [9.17, 15) is 0 Å². The molecule has 0 saturated heterocycles. The van der Waals surface area contributed by atoms with Gasteiger partial charge in [-0.15, -0.1) is 0 Å². The number of hydrazone groups is 1. The van der Waals surface area contributed by atoms with E-state index in [1.807, 2.05) is 77.8 Å². The Bertz CT molecular complexity index is 872. The lowest BCUT2D eigenvalue weighted by Crippen LogP contribution is -2.09. The highest BCUT2D eigenvalue weighted by Gasteiger charge is 2.17. The number of methoxy groups -OCH3 is 1. The van der Waals surface area contributed by atoms with Crippen molar-refractivity contribution in [1.29, 1.82) is 0 Å². The molecule has 1 aliphatic rings. The van der Waals surface area contributed by atoms with Crippen LogP contribution in [0.4, 0.5) is 11.4 Å². The predicted octanol–water partition coefficient (Wildman–Crippen LogP) is 4.60. The van der Waals surface area contributed by atoms with Gasteiger partial charge in [0.25, 0.3) is 0 Å². The van der Waals surface area contributed by atoms with Crippen LogP contribution >= 0.6 is 0 Å². The van der Waals surface area contributed by atoms with Crippen molar-refractivity contribution in [2.75, 3.05) is 18.9 Å². The van der Waals surface area contributed by atoms with Gasteiger partial charge in [0, 0.05) is 11.6 Å². The van der Waals surface area contributed by atoms with Crippen LogP contribution in [-0.4, -0.2) is 20.1 Å². The molecule has 0 N–H and O–H groups in total. The summed E-state index contributed by atoms with van der Waals surface area (Å²) in [5, 5.41) is 6.58. The zero-order valence-corrected chi connectivity index (χ0v) is 14.3. The van der Waals surface area contributed by atoms with E-state index < -0.39 is 0 Å². The molecular weight excluding hydrogens is 328 g/mol. The molecule has 5 nitrogen and oxygen atoms in total. The molecule has 0 saturated carbocycles. The number of rotatable bonds is 5. The Labute approximate surface area is 152 Å². The quantitative estimate of drug-likeness (QED) is 0.500. The van der Waals surface area contributed by atoms with Crippen LogP contribution in [0.25, 0.3) is 0 Å². The van der Waals surface area contributed by atoms with Crippen LogP contribution < -0.4 is 19.2 Å². The molecule has 3 aromatic carbocycles. The number of nitrogens with zero attached hydrogens (tertiary/aromatic N) is 2. The highest BCUT2D eigenvalue weighted by Crippen LogP contribution is 2.37. The fourth-order valence-electron chi connectivity index (χ4n) is 2.76. The molecule has 1 aliphatic heterocycles. The van der Waals surface area contributed by atoms with Crippen molar-refractivity contribution in [3.63, 3.8) is 0 Å². The third-order valence-electron chi connectivity index (χ3n) is 4.04. The largest absolute Gasteiger partial charge is 0.496 e. The number of hydrogen-bond acceptors (Lipinski definition) is 5. The zero-order valence-electron chi connectivity index (χ0n) is 14.3. The van der Waals surface area contributed by atoms with E-state index >= 15 is 0 Å². The first-order valence-electron chi connectivity index (χ1n) is 8.27. The second kappa shape index (κ2) is 7.19. The van der Waals surface area contributed by atoms with Gasteiger partial charge in [-0.1, -0.05) is 36.4 Å². The Morgan fingerprint density at radius 3 is 2.04 bits per heavy atom. The van der Waals surface area contributed by atoms with Gasteiger partial charge in [-0.25, -0.2) is 5.01 Å². The highest BCUT2D eigenvalue weighted by atomic mass is 16.7. The number of ether oxygens (including phenoxy) is 3. The second-order valence-corrected chi connectivity index (χ2v) is 5.67. The van der Waals surface area contributed by atoms with Crippen molar-refractivity contribution in [2.45, 2.75) is 0 Å². The van der Waals surface area contributed by atoms with E-state index in [1.54, 1.807) is 13.3 Å². The zero-order chi connectivity index (χ0) is 17.8. The summed E-state index contributed by atoms with van der Waals surface area (Å²) in [6.45, 7) is 0.221. The Balaban J connectivity index is 1.72. The van der Waals surface area contributed by atoms with Gasteiger partial charge < -0.3 is 14.2 Å². The Kier molecular flexibility index (Phi) is 4.43. The fraction of sp³-hybridized carbons (Fsp3) is 0.0952. The Morgan fingerprint density at radius 1 is 0.885 bits per heavy atom. The van der Waals surface area contributed by atoms with Gasteiger partial charge in [-0.3, -0.25) is 0 Å². The lowest BCUT2D eigenvalue weighted by Gasteiger charge is -2.19. The van der Waals surface area contributed by atoms with E-state index in [2.05, 4.69) is 0 Å². The van der Waals surface area contributed by atoms with E-state index in [1.165, 1.54) is 0 Å². The minimum Gasteiger partial charge on any atom is -0.496 e. The van der Waals surface area contributed by atoms with E-state index in [0.717, 1.165) is 16.9 Å². The number of benzene rings is 3. The van der Waals surface area contributed by atoms with Gasteiger partial charge >= 0.3 is 0 Å². The number of fused-ring (bicyclic) bond motifs is 1. The maximum absolute atomic E-state index is 5.47. The molecule has 0 unspecified atom stereocenters. The summed E-state index contributed by atoms with van der Waals surface area (Å²) < 4.78 is 16.3. The first-order chi connectivity index (χ1) is 12.8. The normalized spacial score (nSPS) is 12.3. The molecule has 0 amide bonds. The summed E-state index contributed by atoms with van der Waals surface area (Å²) in [4.78, 5) is 0. The summed E-state index contributed by atoms with van der Waals surface area (Å²) >= 11 is 0. The SMILES string of the molecule is COc1cc2c(cc1/C=N/N(c1ccccc1)c1ccccc1)OCO2. The molecule has 0 aromatic heterocycles. The lowest BCUT2D eigenvalue weighted by atomic mass is 10.2. The number of para-hydroxylation sites is 2. The molecule has 130 valence electrons. The van der Waals surface area contributed by atoms with Crippen LogP contribution in [0, 0.1) is 0 Å². The highest BCUT2D eigenvalue weighted by molar-refractivity contribution is 5.86. The predicted molar refractivity (Wildman–Crippen MR) is 102 cm³/mol. The molecule has 5 heteroatoms. The summed E-state index contributed by atoms with van der Waals surface area (Å²) in [5.74, 6) is 2.05. The molecule has 0 atom stereocenters. The molecular formula is C21H18N2O3. The molecule has 0 spiro atoms. The van der Waals surface area contributed by atoms with Crippen LogP contribution in [0.2, 0.25) is 0 Å². The summed E-state index contributed by atoms with van der Waals surface area (Å²) in [6.07, 6.45) is 1.76. The van der Waals surface area contributed by atoms with Gasteiger partial charge in [0.15, 0.2) is 11.5 Å². The molecule has 0 bridgehead atoms. The van der Waals surface area contributed by atoms with Crippen LogP contribution in [-0.2, 0) is 0 Å². The van der Waals surface area contributed by atoms with Crippen LogP contribution in [0.3, 0.4) is 0 Å². The Hall–Kier alpha value is -3.47. The van der Waals surface area contributed by atoms with Crippen molar-refractivity contribution < 1.29 is 14.2 Å². The van der Waals surface area contributed by atoms with Crippen molar-refractivity contribution in [3.8, 4) is 17.2 Å². The average molecular weight is 346 g/mol. The van der Waals surface area contributed by atoms with Gasteiger partial charge in [0.1, 0.15) is 5.75 Å². The van der Waals surface area contributed by atoms with Crippen LogP contribution in [0.1, 0.15) is 5.56 Å². The molecule has 0 fully saturated rings. The molecule has 1 heterocycles. The van der Waals surface area contributed by atoms with Crippen molar-refractivity contribution >= 4 is 17.6 Å². The third kappa shape index (κ3) is 3.19. The first-order valence-corrected chi connectivity index (χ1v) is 8.27. The van der Waals surface area contributed by atoms with E-state index in [0.29, 0.717) is 17.2 Å². The molecule has 3 aromatic rings. The van der Waals surface area contributed by atoms with Crippen LogP contribution in [0.15, 0.2) is 77.9 Å². The van der Waals surface area contributed by atoms with Crippen molar-refractivity contribution in [2.24, 2.45) is 5.10 Å². The minimum absolute atomic E-state index is 0.221. The fourth-order valence-corrected chi connectivity index (χ4v) is 2.76. The van der Waals surface area contributed by atoms with Gasteiger partial charge in [-0.05, 0) is 30.3 Å². The molecule has 0 aliphatic carbocycles. The van der Waals surface area contributed by atoms with E-state index in [4.69, 9.17) is 19.3 Å². The van der Waals surface area contributed by atoms with Crippen molar-refractivity contribution in [3.05, 3.63) is 78.4 Å². The van der Waals surface area contributed by atoms with Gasteiger partial charge in [0.05, 0.1) is 24.7 Å². The second-order valence-electron chi connectivity index (χ2n) is 5.67. The minimum atomic E-state index is 0.221. The standard InChI is InChI=1S/C21H18N2O3/c1-24-19-13-21-20(25-15-26-21)12-16(19)14-22-23(17-8-4-2-5-9-17)18-10-6-3-7-11-18/h2-14H,15H2,1H3/b22-14+. The third-order valence-corrected chi connectivity index (χ3v) is 4.04. The Morgan fingerprint density at radius 2 is 1.46 bits per heavy atom. The molecule has 4 rings (SSSR count). The number of anilines is 2. The summed E-state index contributed by atoms with van der Waals surface area (Å²) in [7, 11) is 1.63. The van der Waals surface area contributed by atoms with E-state index in [-0.39, 0.29) is 6.79 Å². The van der Waals surface area contributed by atoms with Gasteiger partial charge in [-0.2, -0.15) is 5.10 Å². The maximum atomic E-state index is 5.47. The average Bonchev–Trinajstić information content (AvgIpc) is 3.16. The lowest BCUT2D eigenvalue weighted by molar-refractivity contribution is 0.174. The molecule has 0 radical (unpaired) electrons.